The van der Waals surface area contributed by atoms with Crippen molar-refractivity contribution in [3.8, 4) is 17.6 Å². The smallest absolute Gasteiger partial charge is 0.261 e. The summed E-state index contributed by atoms with van der Waals surface area (Å²) in [5.74, 6) is 6.76. The standard InChI is InChI=1S/C28H31ClO3Si/c1-28(2,3)33(25-14-7-5-8-15-25,26-16-9-6-10-17-26)32-21-24(30)13-11-12-22-18-19-23(29)20-27(22)31-4/h5-10,14-20,24,30H,13,21H2,1-4H3/t24-/m0/s1. The summed E-state index contributed by atoms with van der Waals surface area (Å²) >= 11 is 6.02. The van der Waals surface area contributed by atoms with Crippen LogP contribution in [0.1, 0.15) is 32.8 Å². The molecule has 3 aromatic rings. The van der Waals surface area contributed by atoms with E-state index in [9.17, 15) is 5.11 Å². The summed E-state index contributed by atoms with van der Waals surface area (Å²) in [5, 5.41) is 13.6. The second kappa shape index (κ2) is 11.0. The van der Waals surface area contributed by atoms with Crippen LogP contribution in [0.25, 0.3) is 0 Å². The molecule has 0 amide bonds. The van der Waals surface area contributed by atoms with E-state index in [-0.39, 0.29) is 11.6 Å². The predicted molar refractivity (Wildman–Crippen MR) is 139 cm³/mol. The number of rotatable bonds is 7. The summed E-state index contributed by atoms with van der Waals surface area (Å²) in [7, 11) is -1.09. The van der Waals surface area contributed by atoms with Crippen LogP contribution in [0.2, 0.25) is 10.1 Å². The Labute approximate surface area is 203 Å². The number of hydrogen-bond donors (Lipinski definition) is 1. The minimum absolute atomic E-state index is 0.141. The molecule has 0 heterocycles. The Morgan fingerprint density at radius 2 is 1.52 bits per heavy atom. The fraction of sp³-hybridized carbons (Fsp3) is 0.286. The molecule has 0 aromatic heterocycles. The number of methoxy groups -OCH3 is 1. The Bertz CT molecular complexity index is 1060. The van der Waals surface area contributed by atoms with Crippen LogP contribution in [0.4, 0.5) is 0 Å². The molecule has 172 valence electrons. The fourth-order valence-corrected chi connectivity index (χ4v) is 8.83. The lowest BCUT2D eigenvalue weighted by Gasteiger charge is -2.43. The average molecular weight is 479 g/mol. The number of aliphatic hydroxyl groups excluding tert-OH is 1. The van der Waals surface area contributed by atoms with Gasteiger partial charge < -0.3 is 14.3 Å². The number of ether oxygens (including phenoxy) is 1. The summed E-state index contributed by atoms with van der Waals surface area (Å²) in [4.78, 5) is 0. The molecule has 0 aliphatic rings. The largest absolute Gasteiger partial charge is 0.495 e. The van der Waals surface area contributed by atoms with E-state index >= 15 is 0 Å². The third kappa shape index (κ3) is 5.88. The van der Waals surface area contributed by atoms with Gasteiger partial charge >= 0.3 is 0 Å². The molecule has 0 spiro atoms. The topological polar surface area (TPSA) is 38.7 Å². The molecule has 3 rings (SSSR count). The molecule has 0 saturated carbocycles. The summed E-state index contributed by atoms with van der Waals surface area (Å²) in [6.45, 7) is 6.87. The van der Waals surface area contributed by atoms with Crippen molar-refractivity contribution >= 4 is 30.3 Å². The van der Waals surface area contributed by atoms with E-state index in [1.54, 1.807) is 19.2 Å². The number of aliphatic hydroxyl groups is 1. The van der Waals surface area contributed by atoms with Gasteiger partial charge in [0, 0.05) is 17.5 Å². The van der Waals surface area contributed by atoms with E-state index in [0.29, 0.717) is 17.2 Å². The summed E-state index contributed by atoms with van der Waals surface area (Å²) in [6, 6.07) is 26.1. The van der Waals surface area contributed by atoms with Crippen LogP contribution >= 0.6 is 11.6 Å². The van der Waals surface area contributed by atoms with Crippen LogP contribution in [0.15, 0.2) is 78.9 Å². The van der Waals surface area contributed by atoms with Crippen molar-refractivity contribution in [2.75, 3.05) is 13.7 Å². The third-order valence-electron chi connectivity index (χ3n) is 5.63. The summed E-state index contributed by atoms with van der Waals surface area (Å²) < 4.78 is 12.1. The zero-order valence-corrected chi connectivity index (χ0v) is 21.4. The molecule has 3 aromatic carbocycles. The lowest BCUT2D eigenvalue weighted by molar-refractivity contribution is 0.106. The first-order valence-corrected chi connectivity index (χ1v) is 13.3. The molecule has 33 heavy (non-hydrogen) atoms. The molecule has 0 unspecified atom stereocenters. The van der Waals surface area contributed by atoms with Crippen molar-refractivity contribution in [2.24, 2.45) is 0 Å². The van der Waals surface area contributed by atoms with Gasteiger partial charge in [-0.1, -0.05) is 105 Å². The predicted octanol–water partition coefficient (Wildman–Crippen LogP) is 5.03. The molecule has 1 atom stereocenters. The van der Waals surface area contributed by atoms with Gasteiger partial charge in [-0.2, -0.15) is 0 Å². The van der Waals surface area contributed by atoms with Gasteiger partial charge in [0.05, 0.1) is 25.4 Å². The maximum absolute atomic E-state index is 10.8. The van der Waals surface area contributed by atoms with Crippen molar-refractivity contribution in [3.05, 3.63) is 89.4 Å². The highest BCUT2D eigenvalue weighted by Crippen LogP contribution is 2.36. The normalized spacial score (nSPS) is 12.5. The van der Waals surface area contributed by atoms with Gasteiger partial charge in [-0.15, -0.1) is 0 Å². The van der Waals surface area contributed by atoms with Gasteiger partial charge in [-0.3, -0.25) is 0 Å². The molecule has 0 radical (unpaired) electrons. The van der Waals surface area contributed by atoms with Gasteiger partial charge in [0.2, 0.25) is 0 Å². The highest BCUT2D eigenvalue weighted by molar-refractivity contribution is 6.99. The van der Waals surface area contributed by atoms with E-state index in [4.69, 9.17) is 20.8 Å². The first-order valence-electron chi connectivity index (χ1n) is 11.0. The second-order valence-corrected chi connectivity index (χ2v) is 13.7. The van der Waals surface area contributed by atoms with Crippen molar-refractivity contribution in [1.29, 1.82) is 0 Å². The van der Waals surface area contributed by atoms with Crippen LogP contribution in [0.3, 0.4) is 0 Å². The van der Waals surface area contributed by atoms with Crippen molar-refractivity contribution in [2.45, 2.75) is 38.3 Å². The van der Waals surface area contributed by atoms with Crippen molar-refractivity contribution in [3.63, 3.8) is 0 Å². The highest BCUT2D eigenvalue weighted by atomic mass is 35.5. The van der Waals surface area contributed by atoms with Gasteiger partial charge in [0.1, 0.15) is 5.75 Å². The molecule has 0 fully saturated rings. The summed E-state index contributed by atoms with van der Waals surface area (Å²) in [6.07, 6.45) is -0.415. The average Bonchev–Trinajstić information content (AvgIpc) is 2.81. The highest BCUT2D eigenvalue weighted by Gasteiger charge is 2.50. The van der Waals surface area contributed by atoms with Crippen molar-refractivity contribution < 1.29 is 14.3 Å². The maximum Gasteiger partial charge on any atom is 0.261 e. The van der Waals surface area contributed by atoms with E-state index < -0.39 is 14.4 Å². The first kappa shape index (κ1) is 25.1. The monoisotopic (exact) mass is 478 g/mol. The van der Waals surface area contributed by atoms with Gasteiger partial charge in [-0.05, 0) is 27.5 Å². The number of benzene rings is 3. The second-order valence-electron chi connectivity index (χ2n) is 8.98. The minimum atomic E-state index is -2.68. The Hall–Kier alpha value is -2.55. The lowest BCUT2D eigenvalue weighted by atomic mass is 10.2. The molecular weight excluding hydrogens is 448 g/mol. The minimum Gasteiger partial charge on any atom is -0.495 e. The van der Waals surface area contributed by atoms with Crippen LogP contribution < -0.4 is 15.1 Å². The lowest BCUT2D eigenvalue weighted by Crippen LogP contribution is -2.67. The van der Waals surface area contributed by atoms with Gasteiger partial charge in [0.15, 0.2) is 0 Å². The summed E-state index contributed by atoms with van der Waals surface area (Å²) in [5.41, 5.74) is 0.738. The van der Waals surface area contributed by atoms with E-state index in [2.05, 4.69) is 81.1 Å². The van der Waals surface area contributed by atoms with Crippen LogP contribution in [0, 0.1) is 11.8 Å². The zero-order valence-electron chi connectivity index (χ0n) is 19.6. The SMILES string of the molecule is COc1cc(Cl)ccc1C#CC[C@H](O)CO[Si](c1ccccc1)(c1ccccc1)C(C)(C)C. The van der Waals surface area contributed by atoms with E-state index in [1.807, 2.05) is 18.2 Å². The Morgan fingerprint density at radius 1 is 0.939 bits per heavy atom. The maximum atomic E-state index is 10.8. The fourth-order valence-electron chi connectivity index (χ4n) is 4.07. The molecule has 0 bridgehead atoms. The van der Waals surface area contributed by atoms with Crippen LogP contribution in [0.5, 0.6) is 5.75 Å². The zero-order chi connectivity index (χ0) is 23.9. The van der Waals surface area contributed by atoms with Crippen LogP contribution in [-0.2, 0) is 4.43 Å². The molecular formula is C28H31ClO3Si. The molecule has 0 aliphatic carbocycles. The van der Waals surface area contributed by atoms with E-state index in [0.717, 1.165) is 5.56 Å². The molecule has 1 N–H and O–H groups in total. The van der Waals surface area contributed by atoms with Gasteiger partial charge in [-0.25, -0.2) is 0 Å². The molecule has 3 nitrogen and oxygen atoms in total. The molecule has 0 aliphatic heterocycles. The van der Waals surface area contributed by atoms with Crippen LogP contribution in [-0.4, -0.2) is 33.2 Å². The first-order chi connectivity index (χ1) is 15.8. The third-order valence-corrected chi connectivity index (χ3v) is 10.9. The number of halogens is 1. The van der Waals surface area contributed by atoms with Crippen molar-refractivity contribution in [1.82, 2.24) is 0 Å². The number of hydrogen-bond acceptors (Lipinski definition) is 3. The Kier molecular flexibility index (Phi) is 8.39. The van der Waals surface area contributed by atoms with E-state index in [1.165, 1.54) is 10.4 Å². The Balaban J connectivity index is 1.84. The quantitative estimate of drug-likeness (QED) is 0.382. The van der Waals surface area contributed by atoms with Gasteiger partial charge in [0.25, 0.3) is 8.32 Å². The molecule has 0 saturated heterocycles. The molecule has 5 heteroatoms. The Morgan fingerprint density at radius 3 is 2.03 bits per heavy atom.